The van der Waals surface area contributed by atoms with Crippen molar-refractivity contribution in [3.63, 3.8) is 0 Å². The fourth-order valence-electron chi connectivity index (χ4n) is 8.31. The van der Waals surface area contributed by atoms with E-state index in [1.165, 1.54) is 21.1 Å². The van der Waals surface area contributed by atoms with E-state index in [0.717, 1.165) is 56.1 Å². The van der Waals surface area contributed by atoms with Crippen LogP contribution in [0.3, 0.4) is 0 Å². The molecule has 22 heteroatoms. The second kappa shape index (κ2) is 22.9. The van der Waals surface area contributed by atoms with Crippen molar-refractivity contribution in [2.45, 2.75) is 94.4 Å². The first-order valence-corrected chi connectivity index (χ1v) is 24.6. The van der Waals surface area contributed by atoms with Gasteiger partial charge in [-0.05, 0) is 102 Å². The van der Waals surface area contributed by atoms with Crippen LogP contribution in [0.25, 0.3) is 15.1 Å². The van der Waals surface area contributed by atoms with Crippen molar-refractivity contribution in [1.29, 1.82) is 10.5 Å². The molecule has 5 N–H and O–H groups in total. The zero-order valence-electron chi connectivity index (χ0n) is 43.7. The molecule has 380 valence electrons. The van der Waals surface area contributed by atoms with Gasteiger partial charge in [0, 0.05) is 62.0 Å². The maximum Gasteiger partial charge on any atom is 0.252 e. The second-order valence-electron chi connectivity index (χ2n) is 18.8. The molecule has 0 spiro atoms. The highest BCUT2D eigenvalue weighted by molar-refractivity contribution is 7.16. The number of aryl methyl sites for hydroxylation is 7. The predicted octanol–water partition coefficient (Wildman–Crippen LogP) is 12.3. The number of nitrogens with one attached hydrogen (secondary N) is 4. The smallest absolute Gasteiger partial charge is 0.252 e. The number of azo groups is 2. The molecule has 0 aliphatic heterocycles. The van der Waals surface area contributed by atoms with Crippen molar-refractivity contribution in [3.8, 4) is 22.4 Å². The quantitative estimate of drug-likeness (QED) is 0.0287. The van der Waals surface area contributed by atoms with Crippen LogP contribution in [0.15, 0.2) is 57.0 Å². The van der Waals surface area contributed by atoms with Gasteiger partial charge in [0.15, 0.2) is 17.5 Å². The summed E-state index contributed by atoms with van der Waals surface area (Å²) in [6, 6.07) is 14.9. The molecule has 0 bridgehead atoms. The van der Waals surface area contributed by atoms with Crippen LogP contribution in [0, 0.1) is 84.6 Å². The lowest BCUT2D eigenvalue weighted by Gasteiger charge is -2.18. The fraction of sp³-hybridized carbons (Fsp3) is 0.365. The van der Waals surface area contributed by atoms with Crippen molar-refractivity contribution in [3.05, 3.63) is 109 Å². The summed E-state index contributed by atoms with van der Waals surface area (Å²) in [6.45, 7) is 31.2. The summed E-state index contributed by atoms with van der Waals surface area (Å²) in [5.74, 6) is 1.85. The van der Waals surface area contributed by atoms with Gasteiger partial charge in [-0.25, -0.2) is 19.5 Å². The standard InChI is InChI=1S/C52H59N19O2S/c1-28-20-30(3)40(31(4)21-28)58-39-24-34(7)42(48(59-39)60-41-32(5)22-29(2)23-33(41)6)62-65-49-37(26-54)44(52(9,10)11)68-71(49)51-67-66-50(74-51)70-27-38(55-12)46(69-70)64-63-43-35(8)36(25-53)45(56-17-15-19-73-13)61-47(43)57-16-14-18-72/h20-24,27,72H,14-19H2,1-11,13H3,(H2,56,57,61)(H2,58,59,60). The molecule has 0 fully saturated rings. The van der Waals surface area contributed by atoms with Gasteiger partial charge in [0.2, 0.25) is 16.1 Å². The number of nitriles is 2. The first kappa shape index (κ1) is 53.3. The van der Waals surface area contributed by atoms with Gasteiger partial charge >= 0.3 is 0 Å². The average molecular weight is 1010 g/mol. The molecule has 2 aromatic carbocycles. The van der Waals surface area contributed by atoms with E-state index in [-0.39, 0.29) is 51.0 Å². The van der Waals surface area contributed by atoms with Crippen LogP contribution in [0.2, 0.25) is 0 Å². The molecular weight excluding hydrogens is 955 g/mol. The molecule has 5 heterocycles. The Bertz CT molecular complexity index is 3380. The van der Waals surface area contributed by atoms with E-state index in [1.807, 2.05) is 47.6 Å². The molecular formula is C52H59N19O2S. The fourth-order valence-corrected chi connectivity index (χ4v) is 9.03. The summed E-state index contributed by atoms with van der Waals surface area (Å²) < 4.78 is 7.96. The number of aromatic nitrogens is 8. The number of ether oxygens (including phenoxy) is 1. The van der Waals surface area contributed by atoms with Gasteiger partial charge < -0.3 is 31.1 Å². The summed E-state index contributed by atoms with van der Waals surface area (Å²) in [6.07, 6.45) is 2.58. The Kier molecular flexibility index (Phi) is 16.5. The zero-order valence-corrected chi connectivity index (χ0v) is 44.5. The minimum absolute atomic E-state index is 0.0251. The minimum atomic E-state index is -0.595. The van der Waals surface area contributed by atoms with E-state index in [4.69, 9.17) is 31.6 Å². The monoisotopic (exact) mass is 1010 g/mol. The molecule has 0 atom stereocenters. The van der Waals surface area contributed by atoms with Gasteiger partial charge in [-0.2, -0.15) is 25.4 Å². The molecule has 0 unspecified atom stereocenters. The first-order valence-electron chi connectivity index (χ1n) is 23.8. The van der Waals surface area contributed by atoms with Crippen LogP contribution in [0.1, 0.15) is 94.9 Å². The molecule has 7 rings (SSSR count). The van der Waals surface area contributed by atoms with Crippen molar-refractivity contribution >= 4 is 74.7 Å². The molecule has 21 nitrogen and oxygen atoms in total. The van der Waals surface area contributed by atoms with Crippen LogP contribution >= 0.6 is 11.3 Å². The van der Waals surface area contributed by atoms with Crippen molar-refractivity contribution in [1.82, 2.24) is 39.7 Å². The van der Waals surface area contributed by atoms with Crippen LogP contribution in [-0.2, 0) is 10.2 Å². The summed E-state index contributed by atoms with van der Waals surface area (Å²) in [7, 11) is 1.62. The lowest BCUT2D eigenvalue weighted by atomic mass is 9.90. The minimum Gasteiger partial charge on any atom is -0.396 e. The Morgan fingerprint density at radius 1 is 0.730 bits per heavy atom. The van der Waals surface area contributed by atoms with E-state index in [9.17, 15) is 15.6 Å². The molecule has 5 aromatic heterocycles. The highest BCUT2D eigenvalue weighted by Gasteiger charge is 2.30. The molecule has 74 heavy (non-hydrogen) atoms. The van der Waals surface area contributed by atoms with Gasteiger partial charge in [-0.3, -0.25) is 0 Å². The van der Waals surface area contributed by atoms with Gasteiger partial charge in [0.1, 0.15) is 40.7 Å². The van der Waals surface area contributed by atoms with Crippen molar-refractivity contribution in [2.75, 3.05) is 54.7 Å². The number of aliphatic hydroxyl groups excluding tert-OH is 1. The Labute approximate surface area is 434 Å². The van der Waals surface area contributed by atoms with Crippen molar-refractivity contribution < 1.29 is 9.84 Å². The molecule has 0 amide bonds. The number of pyridine rings is 2. The molecule has 0 radical (unpaired) electrons. The van der Waals surface area contributed by atoms with Gasteiger partial charge in [0.25, 0.3) is 5.69 Å². The summed E-state index contributed by atoms with van der Waals surface area (Å²) in [5, 5.41) is 81.2. The third-order valence-electron chi connectivity index (χ3n) is 11.8. The predicted molar refractivity (Wildman–Crippen MR) is 288 cm³/mol. The number of hydrogen-bond donors (Lipinski definition) is 5. The van der Waals surface area contributed by atoms with Gasteiger partial charge in [-0.1, -0.05) is 67.5 Å². The number of nitrogens with zero attached hydrogens (tertiary/aromatic N) is 15. The molecule has 7 aromatic rings. The number of hydrogen-bond acceptors (Lipinski definition) is 19. The van der Waals surface area contributed by atoms with Crippen molar-refractivity contribution in [2.24, 2.45) is 20.5 Å². The maximum atomic E-state index is 10.7. The maximum absolute atomic E-state index is 10.7. The SMILES string of the molecule is [C-]#[N+]c1cn(-c2nnc(-n3nc(C(C)(C)C)c(C#N)c3N=Nc3c(C)cc(Nc4c(C)cc(C)cc4C)nc3Nc3c(C)cc(C)cc3C)s2)nc1N=Nc1c(NCCCO)nc(NCCCOC)c(C#N)c1C. The number of aliphatic hydroxyl groups is 1. The Morgan fingerprint density at radius 3 is 1.95 bits per heavy atom. The van der Waals surface area contributed by atoms with E-state index in [1.54, 1.807) is 14.0 Å². The van der Waals surface area contributed by atoms with E-state index in [0.29, 0.717) is 72.8 Å². The normalized spacial score (nSPS) is 11.5. The van der Waals surface area contributed by atoms with Gasteiger partial charge in [0.05, 0.1) is 17.8 Å². The van der Waals surface area contributed by atoms with Gasteiger partial charge in [-0.15, -0.1) is 30.7 Å². The lowest BCUT2D eigenvalue weighted by Crippen LogP contribution is -2.14. The molecule has 0 aliphatic carbocycles. The third-order valence-corrected chi connectivity index (χ3v) is 12.6. The number of benzene rings is 2. The summed E-state index contributed by atoms with van der Waals surface area (Å²) in [5.41, 5.74) is 10.8. The molecule has 0 aliphatic rings. The Hall–Kier alpha value is -8.49. The summed E-state index contributed by atoms with van der Waals surface area (Å²) >= 11 is 1.08. The van der Waals surface area contributed by atoms with Crippen LogP contribution < -0.4 is 21.3 Å². The Morgan fingerprint density at radius 2 is 1.34 bits per heavy atom. The Balaban J connectivity index is 1.28. The topological polar surface area (TPSA) is 266 Å². The largest absolute Gasteiger partial charge is 0.396 e. The number of methoxy groups -OCH3 is 1. The third kappa shape index (κ3) is 11.7. The second-order valence-corrected chi connectivity index (χ2v) is 19.8. The first-order chi connectivity index (χ1) is 35.4. The highest BCUT2D eigenvalue weighted by atomic mass is 32.1. The number of rotatable bonds is 19. The van der Waals surface area contributed by atoms with E-state index in [2.05, 4.69) is 121 Å². The van der Waals surface area contributed by atoms with E-state index < -0.39 is 5.41 Å². The highest BCUT2D eigenvalue weighted by Crippen LogP contribution is 2.41. The van der Waals surface area contributed by atoms with Crippen LogP contribution in [0.4, 0.5) is 63.3 Å². The zero-order chi connectivity index (χ0) is 53.4. The van der Waals surface area contributed by atoms with E-state index >= 15 is 0 Å². The average Bonchev–Trinajstić information content (AvgIpc) is 4.10. The van der Waals surface area contributed by atoms with Crippen LogP contribution in [0.5, 0.6) is 0 Å². The molecule has 0 saturated carbocycles. The lowest BCUT2D eigenvalue weighted by molar-refractivity contribution is 0.198. The van der Waals surface area contributed by atoms with Crippen LogP contribution in [-0.4, -0.2) is 78.2 Å². The number of anilines is 6. The molecule has 0 saturated heterocycles. The summed E-state index contributed by atoms with van der Waals surface area (Å²) in [4.78, 5) is 13.4.